The van der Waals surface area contributed by atoms with Crippen molar-refractivity contribution in [1.82, 2.24) is 0 Å². The molecule has 0 N–H and O–H groups in total. The Morgan fingerprint density at radius 3 is 1.82 bits per heavy atom. The van der Waals surface area contributed by atoms with Gasteiger partial charge in [0.1, 0.15) is 11.3 Å². The van der Waals surface area contributed by atoms with Crippen molar-refractivity contribution in [3.05, 3.63) is 40.2 Å². The summed E-state index contributed by atoms with van der Waals surface area (Å²) in [5.74, 6) is -3.67. The third kappa shape index (κ3) is 3.33. The number of benzene rings is 1. The highest BCUT2D eigenvalue weighted by Gasteiger charge is 2.87. The number of ether oxygens (including phenoxy) is 1. The Bertz CT molecular complexity index is 932. The summed E-state index contributed by atoms with van der Waals surface area (Å²) in [7, 11) is 0. The Labute approximate surface area is 146 Å². The molecule has 5 nitrogen and oxygen atoms in total. The highest BCUT2D eigenvalue weighted by atomic mass is 19.4. The summed E-state index contributed by atoms with van der Waals surface area (Å²) in [5, 5.41) is 10.1. The number of alkyl halides is 9. The van der Waals surface area contributed by atoms with E-state index in [2.05, 4.69) is 9.15 Å². The van der Waals surface area contributed by atoms with Gasteiger partial charge in [-0.2, -0.15) is 39.5 Å². The van der Waals surface area contributed by atoms with Crippen LogP contribution in [0.25, 0.3) is 11.0 Å². The van der Waals surface area contributed by atoms with Crippen molar-refractivity contribution < 1.29 is 58.6 Å². The molecule has 1 aromatic heterocycles. The van der Waals surface area contributed by atoms with Gasteiger partial charge in [0.2, 0.25) is 0 Å². The quantitative estimate of drug-likeness (QED) is 0.561. The Balaban J connectivity index is 2.71. The molecule has 154 valence electrons. The molecule has 1 aromatic carbocycles. The molecule has 0 saturated heterocycles. The number of carboxylic acid groups (broad SMARTS) is 1. The lowest BCUT2D eigenvalue weighted by molar-refractivity contribution is -0.436. The zero-order valence-corrected chi connectivity index (χ0v) is 12.8. The Morgan fingerprint density at radius 1 is 0.893 bits per heavy atom. The van der Waals surface area contributed by atoms with Crippen LogP contribution in [0.3, 0.4) is 0 Å². The van der Waals surface area contributed by atoms with Gasteiger partial charge < -0.3 is 19.1 Å². The minimum atomic E-state index is -6.96. The fourth-order valence-electron chi connectivity index (χ4n) is 2.14. The van der Waals surface area contributed by atoms with Crippen molar-refractivity contribution in [2.75, 3.05) is 0 Å². The van der Waals surface area contributed by atoms with Crippen molar-refractivity contribution in [1.29, 1.82) is 0 Å². The third-order valence-electron chi connectivity index (χ3n) is 3.39. The molecule has 0 amide bonds. The van der Waals surface area contributed by atoms with Gasteiger partial charge in [0, 0.05) is 5.39 Å². The van der Waals surface area contributed by atoms with Gasteiger partial charge in [-0.1, -0.05) is 0 Å². The van der Waals surface area contributed by atoms with Crippen LogP contribution in [-0.4, -0.2) is 30.1 Å². The number of carbonyl (C=O) groups excluding carboxylic acids is 1. The fourth-order valence-corrected chi connectivity index (χ4v) is 2.14. The first kappa shape index (κ1) is 21.4. The average Bonchev–Trinajstić information content (AvgIpc) is 2.48. The van der Waals surface area contributed by atoms with E-state index < -0.39 is 58.0 Å². The molecule has 0 atom stereocenters. The molecule has 0 aliphatic rings. The summed E-state index contributed by atoms with van der Waals surface area (Å²) in [4.78, 5) is 22.0. The lowest BCUT2D eigenvalue weighted by atomic mass is 10.0. The molecule has 1 heterocycles. The van der Waals surface area contributed by atoms with E-state index in [1.807, 2.05) is 0 Å². The molecular weight excluding hydrogens is 419 g/mol. The number of halogens is 9. The molecule has 0 fully saturated rings. The van der Waals surface area contributed by atoms with Crippen molar-refractivity contribution in [3.63, 3.8) is 0 Å². The van der Waals surface area contributed by atoms with Crippen LogP contribution in [0, 0.1) is 0 Å². The van der Waals surface area contributed by atoms with Gasteiger partial charge in [-0.15, -0.1) is 0 Å². The Hall–Kier alpha value is -2.93. The maximum atomic E-state index is 12.9. The van der Waals surface area contributed by atoms with E-state index in [-0.39, 0.29) is 12.1 Å². The van der Waals surface area contributed by atoms with Gasteiger partial charge >= 0.3 is 29.8 Å². The topological polar surface area (TPSA) is 79.6 Å². The maximum absolute atomic E-state index is 12.9. The molecule has 0 aliphatic heterocycles. The number of carbonyl (C=O) groups is 1. The molecule has 2 rings (SSSR count). The van der Waals surface area contributed by atoms with Gasteiger partial charge in [0.15, 0.2) is 0 Å². The van der Waals surface area contributed by atoms with Gasteiger partial charge in [0.05, 0.1) is 11.5 Å². The van der Waals surface area contributed by atoms with Crippen LogP contribution in [-0.2, 0) is 0 Å². The fraction of sp³-hybridized carbons (Fsp3) is 0.286. The molecule has 0 aliphatic carbocycles. The molecule has 0 unspecified atom stereocenters. The second kappa shape index (κ2) is 6.31. The number of hydrogen-bond acceptors (Lipinski definition) is 5. The number of rotatable bonds is 3. The monoisotopic (exact) mass is 423 g/mol. The number of hydrogen-bond donors (Lipinski definition) is 0. The normalized spacial score (nSPS) is 13.6. The second-order valence-corrected chi connectivity index (χ2v) is 5.21. The minimum absolute atomic E-state index is 0.211. The summed E-state index contributed by atoms with van der Waals surface area (Å²) in [6.07, 6.45) is -20.9. The van der Waals surface area contributed by atoms with Crippen LogP contribution in [0.5, 0.6) is 5.75 Å². The molecule has 0 bridgehead atoms. The smallest absolute Gasteiger partial charge is 0.447 e. The molecule has 0 saturated carbocycles. The van der Waals surface area contributed by atoms with Crippen molar-refractivity contribution in [2.24, 2.45) is 0 Å². The van der Waals surface area contributed by atoms with Crippen LogP contribution in [0.1, 0.15) is 10.4 Å². The molecule has 28 heavy (non-hydrogen) atoms. The van der Waals surface area contributed by atoms with Crippen LogP contribution >= 0.6 is 0 Å². The molecule has 0 radical (unpaired) electrons. The summed E-state index contributed by atoms with van der Waals surface area (Å²) in [6.45, 7) is 0. The summed E-state index contributed by atoms with van der Waals surface area (Å²) in [5.41, 5.74) is -9.73. The first-order chi connectivity index (χ1) is 12.5. The predicted molar refractivity (Wildman–Crippen MR) is 68.3 cm³/mol. The van der Waals surface area contributed by atoms with E-state index >= 15 is 0 Å². The first-order valence-electron chi connectivity index (χ1n) is 6.70. The van der Waals surface area contributed by atoms with Crippen molar-refractivity contribution in [2.45, 2.75) is 24.1 Å². The van der Waals surface area contributed by atoms with E-state index in [1.54, 1.807) is 0 Å². The summed E-state index contributed by atoms with van der Waals surface area (Å²) < 4.78 is 124. The lowest BCUT2D eigenvalue weighted by Crippen LogP contribution is -2.69. The summed E-state index contributed by atoms with van der Waals surface area (Å²) >= 11 is 0. The first-order valence-corrected chi connectivity index (χ1v) is 6.70. The molecule has 2 aromatic rings. The largest absolute Gasteiger partial charge is 0.545 e. The van der Waals surface area contributed by atoms with Crippen LogP contribution in [0.15, 0.2) is 33.5 Å². The van der Waals surface area contributed by atoms with Crippen LogP contribution in [0.4, 0.5) is 39.5 Å². The van der Waals surface area contributed by atoms with Crippen molar-refractivity contribution in [3.8, 4) is 5.75 Å². The van der Waals surface area contributed by atoms with E-state index in [9.17, 15) is 54.2 Å². The molecule has 14 heteroatoms. The van der Waals surface area contributed by atoms with E-state index in [0.717, 1.165) is 0 Å². The zero-order valence-electron chi connectivity index (χ0n) is 12.8. The highest BCUT2D eigenvalue weighted by Crippen LogP contribution is 2.54. The van der Waals surface area contributed by atoms with Gasteiger partial charge in [-0.05, 0) is 24.3 Å². The van der Waals surface area contributed by atoms with Gasteiger partial charge in [-0.25, -0.2) is 4.79 Å². The van der Waals surface area contributed by atoms with Gasteiger partial charge in [0.25, 0.3) is 0 Å². The van der Waals surface area contributed by atoms with Gasteiger partial charge in [-0.3, -0.25) is 0 Å². The number of aromatic carboxylic acids is 1. The Kier molecular flexibility index (Phi) is 4.81. The standard InChI is InChI=1S/C14H5F9O5/c15-12(16,17)11(13(18,19)20,14(21,22)23)28-6-1-2-8-5(3-6)4-7(9(24)25)10(26)27-8/h1-4H,(H,24,25)/p-1. The Morgan fingerprint density at radius 2 is 1.39 bits per heavy atom. The predicted octanol–water partition coefficient (Wildman–Crippen LogP) is 2.96. The van der Waals surface area contributed by atoms with Crippen LogP contribution in [0.2, 0.25) is 0 Å². The number of carboxylic acids is 1. The van der Waals surface area contributed by atoms with E-state index in [1.165, 1.54) is 0 Å². The molecule has 0 spiro atoms. The zero-order chi connectivity index (χ0) is 21.7. The SMILES string of the molecule is O=C([O-])c1cc2cc(OC(C(F)(F)F)(C(F)(F)F)C(F)(F)F)ccc2oc1=O. The van der Waals surface area contributed by atoms with E-state index in [4.69, 9.17) is 0 Å². The summed E-state index contributed by atoms with van der Waals surface area (Å²) in [6, 6.07) is 1.42. The lowest BCUT2D eigenvalue weighted by Gasteiger charge is -2.38. The highest BCUT2D eigenvalue weighted by molar-refractivity contribution is 5.90. The number of fused-ring (bicyclic) bond motifs is 1. The van der Waals surface area contributed by atoms with E-state index in [0.29, 0.717) is 12.1 Å². The maximum Gasteiger partial charge on any atom is 0.447 e. The third-order valence-corrected chi connectivity index (χ3v) is 3.39. The minimum Gasteiger partial charge on any atom is -0.545 e. The average molecular weight is 423 g/mol. The van der Waals surface area contributed by atoms with Crippen LogP contribution < -0.4 is 15.5 Å². The van der Waals surface area contributed by atoms with Crippen molar-refractivity contribution >= 4 is 16.9 Å². The second-order valence-electron chi connectivity index (χ2n) is 5.21. The molecular formula is C14H4F9O5-.